The molecule has 1 aromatic heterocycles. The van der Waals surface area contributed by atoms with Crippen molar-refractivity contribution >= 4 is 6.29 Å². The van der Waals surface area contributed by atoms with Gasteiger partial charge in [-0.2, -0.15) is 0 Å². The molecule has 0 saturated heterocycles. The lowest BCUT2D eigenvalue weighted by molar-refractivity contribution is -0.277. The number of furan rings is 1. The smallest absolute Gasteiger partial charge is 0.185 e. The second-order valence-corrected chi connectivity index (χ2v) is 2.56. The van der Waals surface area contributed by atoms with E-state index < -0.39 is 6.10 Å². The van der Waals surface area contributed by atoms with Crippen molar-refractivity contribution in [3.63, 3.8) is 0 Å². The zero-order valence-corrected chi connectivity index (χ0v) is 6.90. The fourth-order valence-electron chi connectivity index (χ4n) is 1.14. The molecule has 0 aromatic carbocycles. The van der Waals surface area contributed by atoms with Crippen LogP contribution in [0.4, 0.5) is 0 Å². The van der Waals surface area contributed by atoms with Crippen molar-refractivity contribution in [1.82, 2.24) is 0 Å². The van der Waals surface area contributed by atoms with Crippen LogP contribution in [0.25, 0.3) is 0 Å². The van der Waals surface area contributed by atoms with Crippen LogP contribution in [0.1, 0.15) is 34.7 Å². The highest BCUT2D eigenvalue weighted by atomic mass is 17.1. The molecule has 4 heteroatoms. The number of carbonyl (C=O) groups excluding carboxylic acids is 1. The van der Waals surface area contributed by atoms with Gasteiger partial charge in [0.15, 0.2) is 12.0 Å². The Balaban J connectivity index is 3.09. The summed E-state index contributed by atoms with van der Waals surface area (Å²) in [6, 6.07) is 0. The van der Waals surface area contributed by atoms with Crippen LogP contribution >= 0.6 is 0 Å². The molecule has 0 aliphatic rings. The van der Waals surface area contributed by atoms with Crippen molar-refractivity contribution in [1.29, 1.82) is 0 Å². The molecule has 0 fully saturated rings. The standard InChI is InChI=1S/C8H10O4/c1-5-4-11-7(3-9)8(5)6(2)12-10/h3-4,6,10H,1-2H3. The predicted molar refractivity (Wildman–Crippen MR) is 41.0 cm³/mol. The first kappa shape index (κ1) is 8.96. The maximum Gasteiger partial charge on any atom is 0.185 e. The Hall–Kier alpha value is -1.13. The predicted octanol–water partition coefficient (Wildman–Crippen LogP) is 1.95. The molecule has 0 aliphatic carbocycles. The number of carbonyl (C=O) groups is 1. The quantitative estimate of drug-likeness (QED) is 0.428. The van der Waals surface area contributed by atoms with E-state index in [9.17, 15) is 4.79 Å². The maximum absolute atomic E-state index is 10.4. The average Bonchev–Trinajstić information content (AvgIpc) is 2.45. The summed E-state index contributed by atoms with van der Waals surface area (Å²) in [5, 5.41) is 8.39. The summed E-state index contributed by atoms with van der Waals surface area (Å²) in [5.41, 5.74) is 1.38. The van der Waals surface area contributed by atoms with Gasteiger partial charge in [0.1, 0.15) is 6.10 Å². The molecule has 0 aliphatic heterocycles. The molecule has 0 spiro atoms. The zero-order valence-electron chi connectivity index (χ0n) is 6.90. The van der Waals surface area contributed by atoms with Crippen LogP contribution in [0.2, 0.25) is 0 Å². The van der Waals surface area contributed by atoms with Crippen molar-refractivity contribution < 1.29 is 19.4 Å². The Bertz CT molecular complexity index is 277. The van der Waals surface area contributed by atoms with Gasteiger partial charge in [-0.15, -0.1) is 0 Å². The van der Waals surface area contributed by atoms with Gasteiger partial charge in [-0.05, 0) is 19.4 Å². The topological polar surface area (TPSA) is 59.7 Å². The van der Waals surface area contributed by atoms with Crippen LogP contribution in [0.3, 0.4) is 0 Å². The van der Waals surface area contributed by atoms with Gasteiger partial charge in [0.05, 0.1) is 6.26 Å². The van der Waals surface area contributed by atoms with E-state index in [1.807, 2.05) is 0 Å². The minimum absolute atomic E-state index is 0.203. The molecule has 0 saturated carbocycles. The zero-order chi connectivity index (χ0) is 9.14. The summed E-state index contributed by atoms with van der Waals surface area (Å²) in [4.78, 5) is 14.5. The second-order valence-electron chi connectivity index (χ2n) is 2.56. The fraction of sp³-hybridized carbons (Fsp3) is 0.375. The van der Waals surface area contributed by atoms with E-state index in [4.69, 9.17) is 9.67 Å². The molecule has 1 aromatic rings. The van der Waals surface area contributed by atoms with Crippen molar-refractivity contribution in [2.45, 2.75) is 20.0 Å². The van der Waals surface area contributed by atoms with Crippen LogP contribution in [-0.2, 0) is 4.89 Å². The maximum atomic E-state index is 10.4. The van der Waals surface area contributed by atoms with Crippen LogP contribution in [0.15, 0.2) is 10.7 Å². The lowest BCUT2D eigenvalue weighted by Crippen LogP contribution is -1.99. The van der Waals surface area contributed by atoms with E-state index in [-0.39, 0.29) is 5.76 Å². The molecule has 4 nitrogen and oxygen atoms in total. The summed E-state index contributed by atoms with van der Waals surface area (Å²) >= 11 is 0. The highest BCUT2D eigenvalue weighted by Crippen LogP contribution is 2.24. The second kappa shape index (κ2) is 3.51. The van der Waals surface area contributed by atoms with E-state index >= 15 is 0 Å². The molecule has 66 valence electrons. The number of aldehydes is 1. The Morgan fingerprint density at radius 3 is 2.92 bits per heavy atom. The first-order valence-electron chi connectivity index (χ1n) is 3.54. The molecule has 1 unspecified atom stereocenters. The number of aryl methyl sites for hydroxylation is 1. The van der Waals surface area contributed by atoms with E-state index in [2.05, 4.69) is 4.89 Å². The summed E-state index contributed by atoms with van der Waals surface area (Å²) in [5.74, 6) is 0.203. The van der Waals surface area contributed by atoms with Crippen LogP contribution < -0.4 is 0 Å². The van der Waals surface area contributed by atoms with Gasteiger partial charge < -0.3 is 4.42 Å². The van der Waals surface area contributed by atoms with Crippen LogP contribution in [0.5, 0.6) is 0 Å². The molecule has 0 amide bonds. The Kier molecular flexibility index (Phi) is 2.62. The molecule has 0 radical (unpaired) electrons. The molecular formula is C8H10O4. The largest absolute Gasteiger partial charge is 0.461 e. The molecule has 1 heterocycles. The highest BCUT2D eigenvalue weighted by Gasteiger charge is 2.17. The van der Waals surface area contributed by atoms with E-state index in [0.717, 1.165) is 5.56 Å². The molecule has 1 rings (SSSR count). The van der Waals surface area contributed by atoms with E-state index in [1.165, 1.54) is 6.26 Å². The first-order valence-corrected chi connectivity index (χ1v) is 3.54. The molecule has 0 bridgehead atoms. The van der Waals surface area contributed by atoms with Crippen molar-refractivity contribution in [2.24, 2.45) is 0 Å². The van der Waals surface area contributed by atoms with Crippen molar-refractivity contribution in [3.8, 4) is 0 Å². The lowest BCUT2D eigenvalue weighted by atomic mass is 10.1. The Morgan fingerprint density at radius 2 is 2.42 bits per heavy atom. The highest BCUT2D eigenvalue weighted by molar-refractivity contribution is 5.74. The molecule has 12 heavy (non-hydrogen) atoms. The Labute approximate surface area is 69.7 Å². The van der Waals surface area contributed by atoms with Gasteiger partial charge >= 0.3 is 0 Å². The number of rotatable bonds is 3. The molecule has 1 atom stereocenters. The van der Waals surface area contributed by atoms with Gasteiger partial charge in [-0.3, -0.25) is 10.1 Å². The summed E-state index contributed by atoms with van der Waals surface area (Å²) in [7, 11) is 0. The summed E-state index contributed by atoms with van der Waals surface area (Å²) < 4.78 is 4.91. The monoisotopic (exact) mass is 170 g/mol. The van der Waals surface area contributed by atoms with Crippen molar-refractivity contribution in [2.75, 3.05) is 0 Å². The van der Waals surface area contributed by atoms with Crippen LogP contribution in [-0.4, -0.2) is 11.5 Å². The van der Waals surface area contributed by atoms with Gasteiger partial charge in [0, 0.05) is 5.56 Å². The lowest BCUT2D eigenvalue weighted by Gasteiger charge is -2.05. The normalized spacial score (nSPS) is 12.9. The third-order valence-electron chi connectivity index (χ3n) is 1.72. The number of hydrogen-bond donors (Lipinski definition) is 1. The first-order chi connectivity index (χ1) is 5.70. The van der Waals surface area contributed by atoms with E-state index in [0.29, 0.717) is 11.8 Å². The van der Waals surface area contributed by atoms with Gasteiger partial charge in [-0.1, -0.05) is 0 Å². The van der Waals surface area contributed by atoms with Gasteiger partial charge in [0.2, 0.25) is 0 Å². The van der Waals surface area contributed by atoms with Crippen LogP contribution in [0, 0.1) is 6.92 Å². The minimum Gasteiger partial charge on any atom is -0.461 e. The SMILES string of the molecule is Cc1coc(C=O)c1C(C)OO. The number of hydrogen-bond acceptors (Lipinski definition) is 4. The summed E-state index contributed by atoms with van der Waals surface area (Å²) in [6.07, 6.45) is 1.51. The third-order valence-corrected chi connectivity index (χ3v) is 1.72. The average molecular weight is 170 g/mol. The molecule has 1 N–H and O–H groups in total. The molecular weight excluding hydrogens is 160 g/mol. The van der Waals surface area contributed by atoms with Crippen molar-refractivity contribution in [3.05, 3.63) is 23.2 Å². The van der Waals surface area contributed by atoms with E-state index in [1.54, 1.807) is 13.8 Å². The Morgan fingerprint density at radius 1 is 1.75 bits per heavy atom. The van der Waals surface area contributed by atoms with Gasteiger partial charge in [-0.25, -0.2) is 4.89 Å². The summed E-state index contributed by atoms with van der Waals surface area (Å²) in [6.45, 7) is 3.41. The van der Waals surface area contributed by atoms with Gasteiger partial charge in [0.25, 0.3) is 0 Å². The minimum atomic E-state index is -0.538. The third kappa shape index (κ3) is 1.39. The fourth-order valence-corrected chi connectivity index (χ4v) is 1.14.